The van der Waals surface area contributed by atoms with Crippen molar-refractivity contribution >= 4 is 38.4 Å². The predicted octanol–water partition coefficient (Wildman–Crippen LogP) is 6.54. The Hall–Kier alpha value is -3.25. The van der Waals surface area contributed by atoms with Gasteiger partial charge in [-0.1, -0.05) is 48.5 Å². The van der Waals surface area contributed by atoms with Crippen LogP contribution in [0.1, 0.15) is 15.9 Å². The van der Waals surface area contributed by atoms with Gasteiger partial charge in [0.2, 0.25) is 5.88 Å². The maximum Gasteiger partial charge on any atom is 0.295 e. The molecule has 0 aliphatic rings. The van der Waals surface area contributed by atoms with Crippen LogP contribution in [0.15, 0.2) is 81.4 Å². The largest absolute Gasteiger partial charge is 0.493 e. The number of nitrogens with zero attached hydrogens (tertiary/aromatic N) is 2. The lowest BCUT2D eigenvalue weighted by atomic mass is 10.0. The zero-order valence-corrected chi connectivity index (χ0v) is 16.6. The Morgan fingerprint density at radius 3 is 2.36 bits per heavy atom. The Bertz CT molecular complexity index is 1200. The molecule has 3 aromatic carbocycles. The highest BCUT2D eigenvalue weighted by Gasteiger charge is 2.15. The number of amides is 1. The van der Waals surface area contributed by atoms with Crippen molar-refractivity contribution in [3.63, 3.8) is 0 Å². The average molecular weight is 434 g/mol. The first-order chi connectivity index (χ1) is 13.5. The predicted molar refractivity (Wildman–Crippen MR) is 113 cm³/mol. The molecule has 0 saturated carbocycles. The molecule has 5 nitrogen and oxygen atoms in total. The van der Waals surface area contributed by atoms with E-state index in [-0.39, 0.29) is 11.6 Å². The summed E-state index contributed by atoms with van der Waals surface area (Å²) in [5.74, 6) is -0.602. The van der Waals surface area contributed by atoms with Crippen LogP contribution in [0.4, 0.5) is 5.69 Å². The second kappa shape index (κ2) is 7.40. The molecule has 0 saturated heterocycles. The molecule has 0 bridgehead atoms. The topological polar surface area (TPSA) is 77.8 Å². The fourth-order valence-corrected chi connectivity index (χ4v) is 3.54. The number of rotatable bonds is 3. The summed E-state index contributed by atoms with van der Waals surface area (Å²) in [6, 6.07) is 20.9. The third-order valence-corrected chi connectivity index (χ3v) is 5.55. The number of fused-ring (bicyclic) bond motifs is 1. The molecule has 0 spiro atoms. The van der Waals surface area contributed by atoms with E-state index in [1.165, 1.54) is 0 Å². The van der Waals surface area contributed by atoms with E-state index in [0.717, 1.165) is 21.2 Å². The van der Waals surface area contributed by atoms with Gasteiger partial charge in [0, 0.05) is 15.4 Å². The van der Waals surface area contributed by atoms with Crippen LogP contribution in [-0.2, 0) is 0 Å². The minimum absolute atomic E-state index is 0.128. The summed E-state index contributed by atoms with van der Waals surface area (Å²) >= 11 is 3.51. The van der Waals surface area contributed by atoms with Gasteiger partial charge < -0.3 is 10.1 Å². The monoisotopic (exact) mass is 433 g/mol. The molecule has 2 N–H and O–H groups in total. The number of carbonyl (C=O) groups is 1. The van der Waals surface area contributed by atoms with Crippen molar-refractivity contribution in [1.82, 2.24) is 4.98 Å². The molecule has 0 aliphatic carbocycles. The summed E-state index contributed by atoms with van der Waals surface area (Å²) < 4.78 is 0.801. The van der Waals surface area contributed by atoms with Gasteiger partial charge in [-0.15, -0.1) is 10.2 Å². The van der Waals surface area contributed by atoms with Gasteiger partial charge in [-0.25, -0.2) is 0 Å². The van der Waals surface area contributed by atoms with Gasteiger partial charge in [0.15, 0.2) is 5.69 Å². The molecule has 4 aromatic rings. The first kappa shape index (κ1) is 18.1. The molecular formula is C22H16BrN3O2. The molecule has 0 radical (unpaired) electrons. The molecule has 28 heavy (non-hydrogen) atoms. The van der Waals surface area contributed by atoms with Crippen LogP contribution < -0.4 is 0 Å². The first-order valence-corrected chi connectivity index (χ1v) is 9.45. The average Bonchev–Trinajstić information content (AvgIpc) is 3.05. The molecule has 1 heterocycles. The van der Waals surface area contributed by atoms with Crippen molar-refractivity contribution in [2.45, 2.75) is 6.92 Å². The lowest BCUT2D eigenvalue weighted by molar-refractivity contribution is 0.0995. The smallest absolute Gasteiger partial charge is 0.295 e. The molecule has 0 aliphatic heterocycles. The second-order valence-corrected chi connectivity index (χ2v) is 7.18. The number of benzene rings is 3. The number of halogens is 1. The van der Waals surface area contributed by atoms with Gasteiger partial charge in [-0.2, -0.15) is 0 Å². The van der Waals surface area contributed by atoms with E-state index < -0.39 is 5.91 Å². The maximum atomic E-state index is 12.4. The fourth-order valence-electron chi connectivity index (χ4n) is 3.01. The van der Waals surface area contributed by atoms with Crippen LogP contribution in [0.25, 0.3) is 22.0 Å². The van der Waals surface area contributed by atoms with Crippen LogP contribution >= 0.6 is 15.9 Å². The van der Waals surface area contributed by atoms with Crippen molar-refractivity contribution in [2.24, 2.45) is 10.2 Å². The summed E-state index contributed by atoms with van der Waals surface area (Å²) in [6.45, 7) is 1.94. The van der Waals surface area contributed by atoms with Crippen molar-refractivity contribution in [3.05, 3.63) is 82.3 Å². The number of carbonyl (C=O) groups excluding carboxylic acids is 1. The molecule has 0 atom stereocenters. The van der Waals surface area contributed by atoms with Gasteiger partial charge in [0.05, 0.1) is 5.52 Å². The van der Waals surface area contributed by atoms with Crippen LogP contribution in [-0.4, -0.2) is 16.0 Å². The van der Waals surface area contributed by atoms with Crippen LogP contribution in [0.3, 0.4) is 0 Å². The van der Waals surface area contributed by atoms with Gasteiger partial charge in [-0.3, -0.25) is 4.79 Å². The van der Waals surface area contributed by atoms with E-state index >= 15 is 0 Å². The molecule has 1 amide bonds. The lowest BCUT2D eigenvalue weighted by Gasteiger charge is -2.02. The Kier molecular flexibility index (Phi) is 4.79. The Morgan fingerprint density at radius 2 is 1.64 bits per heavy atom. The zero-order chi connectivity index (χ0) is 19.7. The summed E-state index contributed by atoms with van der Waals surface area (Å²) in [5.41, 5.74) is 4.46. The zero-order valence-electron chi connectivity index (χ0n) is 15.0. The number of hydrogen-bond donors (Lipinski definition) is 2. The highest BCUT2D eigenvalue weighted by atomic mass is 79.9. The van der Waals surface area contributed by atoms with Gasteiger partial charge in [-0.05, 0) is 57.7 Å². The molecule has 4 rings (SSSR count). The standard InChI is InChI=1S/C22H16BrN3O2/c1-13-7-12-17-18(19(13)23)20(22(28)24-17)25-26-21(27)16-10-8-15(9-11-16)14-5-3-2-4-6-14/h2-12,24,28H,1H3. The first-order valence-electron chi connectivity index (χ1n) is 8.66. The van der Waals surface area contributed by atoms with Crippen molar-refractivity contribution in [2.75, 3.05) is 0 Å². The van der Waals surface area contributed by atoms with Crippen LogP contribution in [0.2, 0.25) is 0 Å². The van der Waals surface area contributed by atoms with Gasteiger partial charge >= 0.3 is 0 Å². The minimum atomic E-state index is -0.475. The lowest BCUT2D eigenvalue weighted by Crippen LogP contribution is -1.93. The quantitative estimate of drug-likeness (QED) is 0.360. The van der Waals surface area contributed by atoms with Gasteiger partial charge in [0.25, 0.3) is 5.91 Å². The number of aromatic nitrogens is 1. The van der Waals surface area contributed by atoms with E-state index in [0.29, 0.717) is 16.5 Å². The third-order valence-electron chi connectivity index (χ3n) is 4.53. The van der Waals surface area contributed by atoms with Crippen molar-refractivity contribution in [3.8, 4) is 17.0 Å². The summed E-state index contributed by atoms with van der Waals surface area (Å²) in [5, 5.41) is 18.7. The number of hydrogen-bond acceptors (Lipinski definition) is 3. The highest BCUT2D eigenvalue weighted by Crippen LogP contribution is 2.41. The van der Waals surface area contributed by atoms with E-state index in [2.05, 4.69) is 31.1 Å². The molecule has 1 aromatic heterocycles. The SMILES string of the molecule is Cc1ccc2[nH]c(O)c(N=NC(=O)c3ccc(-c4ccccc4)cc3)c2c1Br. The summed E-state index contributed by atoms with van der Waals surface area (Å²) in [6.07, 6.45) is 0. The Morgan fingerprint density at radius 1 is 0.964 bits per heavy atom. The molecule has 138 valence electrons. The number of nitrogens with one attached hydrogen (secondary N) is 1. The molecule has 6 heteroatoms. The number of H-pyrrole nitrogens is 1. The normalized spacial score (nSPS) is 11.4. The molecule has 0 fully saturated rings. The van der Waals surface area contributed by atoms with E-state index in [4.69, 9.17) is 0 Å². The number of aromatic amines is 1. The minimum Gasteiger partial charge on any atom is -0.493 e. The van der Waals surface area contributed by atoms with Gasteiger partial charge in [0.1, 0.15) is 0 Å². The van der Waals surface area contributed by atoms with Crippen LogP contribution in [0, 0.1) is 6.92 Å². The highest BCUT2D eigenvalue weighted by molar-refractivity contribution is 9.10. The van der Waals surface area contributed by atoms with E-state index in [9.17, 15) is 9.90 Å². The van der Waals surface area contributed by atoms with Crippen LogP contribution in [0.5, 0.6) is 5.88 Å². The van der Waals surface area contributed by atoms with Crippen molar-refractivity contribution < 1.29 is 9.90 Å². The number of aryl methyl sites for hydroxylation is 1. The van der Waals surface area contributed by atoms with E-state index in [1.807, 2.05) is 61.5 Å². The number of aromatic hydroxyl groups is 1. The molecular weight excluding hydrogens is 418 g/mol. The number of azo groups is 1. The maximum absolute atomic E-state index is 12.4. The van der Waals surface area contributed by atoms with Crippen molar-refractivity contribution in [1.29, 1.82) is 0 Å². The molecule has 0 unspecified atom stereocenters. The van der Waals surface area contributed by atoms with E-state index in [1.54, 1.807) is 12.1 Å². The Balaban J connectivity index is 1.62. The summed E-state index contributed by atoms with van der Waals surface area (Å²) in [4.78, 5) is 15.3. The third kappa shape index (κ3) is 3.34. The second-order valence-electron chi connectivity index (χ2n) is 6.39. The Labute approximate surface area is 169 Å². The summed E-state index contributed by atoms with van der Waals surface area (Å²) in [7, 11) is 0. The fraction of sp³-hybridized carbons (Fsp3) is 0.0455.